The number of nitrogens with zero attached hydrogens (tertiary/aromatic N) is 2. The van der Waals surface area contributed by atoms with Crippen LogP contribution in [0.25, 0.3) is 0 Å². The van der Waals surface area contributed by atoms with E-state index in [4.69, 9.17) is 0 Å². The first kappa shape index (κ1) is 9.82. The number of allylic oxidation sites excluding steroid dienone is 4. The van der Waals surface area contributed by atoms with Crippen molar-refractivity contribution in [3.05, 3.63) is 24.3 Å². The van der Waals surface area contributed by atoms with Crippen LogP contribution in [0.3, 0.4) is 0 Å². The average molecular weight is 150 g/mol. The second-order valence-electron chi connectivity index (χ2n) is 2.03. The fraction of sp³-hybridized carbons (Fsp3) is 0.333. The van der Waals surface area contributed by atoms with Gasteiger partial charge in [-0.25, -0.2) is 4.99 Å². The Hall–Kier alpha value is -1.18. The minimum Gasteiger partial charge on any atom is -0.277 e. The molecule has 0 aromatic rings. The lowest BCUT2D eigenvalue weighted by molar-refractivity contribution is 1.44. The molecule has 0 aliphatic rings. The van der Waals surface area contributed by atoms with Crippen LogP contribution in [-0.2, 0) is 0 Å². The third kappa shape index (κ3) is 6.71. The van der Waals surface area contributed by atoms with E-state index in [0.717, 1.165) is 5.71 Å². The molecule has 0 saturated heterocycles. The number of hydrogen-bond donors (Lipinski definition) is 0. The van der Waals surface area contributed by atoms with Gasteiger partial charge in [-0.2, -0.15) is 0 Å². The highest BCUT2D eigenvalue weighted by atomic mass is 14.8. The second kappa shape index (κ2) is 6.93. The van der Waals surface area contributed by atoms with E-state index >= 15 is 0 Å². The third-order valence-electron chi connectivity index (χ3n) is 1.02. The maximum Gasteiger partial charge on any atom is 0.109 e. The monoisotopic (exact) mass is 150 g/mol. The first-order valence-electron chi connectivity index (χ1n) is 3.55. The van der Waals surface area contributed by atoms with Crippen molar-refractivity contribution in [2.45, 2.75) is 13.8 Å². The molecule has 0 fully saturated rings. The molecule has 0 radical (unpaired) electrons. The molecule has 0 aromatic carbocycles. The minimum atomic E-state index is 0.953. The van der Waals surface area contributed by atoms with Crippen LogP contribution >= 0.6 is 0 Å². The van der Waals surface area contributed by atoms with Gasteiger partial charge < -0.3 is 0 Å². The molecule has 0 saturated carbocycles. The quantitative estimate of drug-likeness (QED) is 0.335. The van der Waals surface area contributed by atoms with Crippen molar-refractivity contribution in [1.29, 1.82) is 0 Å². The standard InChI is InChI=1S/C9H14N2/c1-4-5-6-7-9(2)11-8-10-3/h4-8H,1-3H3/b5-4-,7-6-,10-8?,11-9?. The van der Waals surface area contributed by atoms with Crippen LogP contribution in [0.15, 0.2) is 34.3 Å². The van der Waals surface area contributed by atoms with Gasteiger partial charge in [0, 0.05) is 12.8 Å². The minimum absolute atomic E-state index is 0.953. The molecule has 0 aromatic heterocycles. The maximum atomic E-state index is 4.02. The summed E-state index contributed by atoms with van der Waals surface area (Å²) in [6.45, 7) is 3.91. The molecule has 0 heterocycles. The molecular weight excluding hydrogens is 136 g/mol. The summed E-state index contributed by atoms with van der Waals surface area (Å²) in [7, 11) is 1.70. The lowest BCUT2D eigenvalue weighted by Gasteiger charge is -1.83. The fourth-order valence-corrected chi connectivity index (χ4v) is 0.498. The van der Waals surface area contributed by atoms with Crippen LogP contribution in [-0.4, -0.2) is 19.1 Å². The van der Waals surface area contributed by atoms with Crippen molar-refractivity contribution in [1.82, 2.24) is 0 Å². The van der Waals surface area contributed by atoms with Gasteiger partial charge in [-0.1, -0.05) is 18.2 Å². The third-order valence-corrected chi connectivity index (χ3v) is 1.02. The average Bonchev–Trinajstić information content (AvgIpc) is 2.01. The van der Waals surface area contributed by atoms with E-state index in [-0.39, 0.29) is 0 Å². The Bertz CT molecular complexity index is 198. The molecule has 11 heavy (non-hydrogen) atoms. The van der Waals surface area contributed by atoms with Crippen LogP contribution in [0.5, 0.6) is 0 Å². The van der Waals surface area contributed by atoms with Crippen molar-refractivity contribution in [3.8, 4) is 0 Å². The van der Waals surface area contributed by atoms with Crippen LogP contribution < -0.4 is 0 Å². The Morgan fingerprint density at radius 3 is 2.55 bits per heavy atom. The molecule has 60 valence electrons. The highest BCUT2D eigenvalue weighted by Gasteiger charge is 1.76. The first-order chi connectivity index (χ1) is 5.31. The van der Waals surface area contributed by atoms with Crippen molar-refractivity contribution < 1.29 is 0 Å². The van der Waals surface area contributed by atoms with Crippen molar-refractivity contribution in [2.75, 3.05) is 7.05 Å². The molecule has 0 atom stereocenters. The molecule has 0 amide bonds. The van der Waals surface area contributed by atoms with Crippen molar-refractivity contribution in [2.24, 2.45) is 9.98 Å². The van der Waals surface area contributed by atoms with E-state index in [0.29, 0.717) is 0 Å². The topological polar surface area (TPSA) is 24.7 Å². The van der Waals surface area contributed by atoms with E-state index in [1.54, 1.807) is 7.05 Å². The van der Waals surface area contributed by atoms with E-state index in [9.17, 15) is 0 Å². The summed E-state index contributed by atoms with van der Waals surface area (Å²) >= 11 is 0. The zero-order valence-corrected chi connectivity index (χ0v) is 7.28. The molecule has 2 heteroatoms. The largest absolute Gasteiger partial charge is 0.277 e. The highest BCUT2D eigenvalue weighted by Crippen LogP contribution is 1.81. The van der Waals surface area contributed by atoms with Gasteiger partial charge in [0.05, 0.1) is 0 Å². The predicted octanol–water partition coefficient (Wildman–Crippen LogP) is 2.24. The molecular formula is C9H14N2. The van der Waals surface area contributed by atoms with Crippen LogP contribution in [0.4, 0.5) is 0 Å². The molecule has 0 spiro atoms. The lowest BCUT2D eigenvalue weighted by Crippen LogP contribution is -1.83. The van der Waals surface area contributed by atoms with Crippen molar-refractivity contribution in [3.63, 3.8) is 0 Å². The van der Waals surface area contributed by atoms with E-state index in [1.807, 2.05) is 38.2 Å². The lowest BCUT2D eigenvalue weighted by atomic mass is 10.3. The molecule has 2 nitrogen and oxygen atoms in total. The Morgan fingerprint density at radius 1 is 1.27 bits per heavy atom. The van der Waals surface area contributed by atoms with Crippen LogP contribution in [0.1, 0.15) is 13.8 Å². The van der Waals surface area contributed by atoms with Gasteiger partial charge in [0.15, 0.2) is 0 Å². The highest BCUT2D eigenvalue weighted by molar-refractivity contribution is 5.97. The molecule has 0 aliphatic carbocycles. The maximum absolute atomic E-state index is 4.02. The molecule has 0 unspecified atom stereocenters. The Balaban J connectivity index is 3.94. The summed E-state index contributed by atoms with van der Waals surface area (Å²) in [6, 6.07) is 0. The number of hydrogen-bond acceptors (Lipinski definition) is 1. The number of aliphatic imine (C=N–C) groups is 2. The summed E-state index contributed by atoms with van der Waals surface area (Å²) in [4.78, 5) is 7.76. The van der Waals surface area contributed by atoms with Gasteiger partial charge >= 0.3 is 0 Å². The Morgan fingerprint density at radius 2 is 2.00 bits per heavy atom. The van der Waals surface area contributed by atoms with E-state index in [1.165, 1.54) is 6.34 Å². The first-order valence-corrected chi connectivity index (χ1v) is 3.55. The van der Waals surface area contributed by atoms with Gasteiger partial charge in [0.1, 0.15) is 6.34 Å². The summed E-state index contributed by atoms with van der Waals surface area (Å²) in [5.74, 6) is 0. The summed E-state index contributed by atoms with van der Waals surface area (Å²) in [6.07, 6.45) is 9.35. The van der Waals surface area contributed by atoms with Gasteiger partial charge in [-0.15, -0.1) is 0 Å². The van der Waals surface area contributed by atoms with Gasteiger partial charge in [-0.3, -0.25) is 4.99 Å². The van der Waals surface area contributed by atoms with E-state index in [2.05, 4.69) is 9.98 Å². The normalized spacial score (nSPS) is 14.3. The Kier molecular flexibility index (Phi) is 6.19. The Labute approximate surface area is 68.1 Å². The summed E-state index contributed by atoms with van der Waals surface area (Å²) < 4.78 is 0. The van der Waals surface area contributed by atoms with E-state index < -0.39 is 0 Å². The molecule has 0 rings (SSSR count). The predicted molar refractivity (Wildman–Crippen MR) is 51.5 cm³/mol. The molecule has 0 N–H and O–H groups in total. The van der Waals surface area contributed by atoms with Crippen molar-refractivity contribution >= 4 is 12.1 Å². The SMILES string of the molecule is C/C=C\C=C/C(C)=NC=NC. The van der Waals surface area contributed by atoms with Gasteiger partial charge in [-0.05, 0) is 19.9 Å². The smallest absolute Gasteiger partial charge is 0.109 e. The molecule has 0 aliphatic heterocycles. The zero-order valence-electron chi connectivity index (χ0n) is 7.28. The number of rotatable bonds is 3. The summed E-state index contributed by atoms with van der Waals surface area (Å²) in [5.41, 5.74) is 0.953. The van der Waals surface area contributed by atoms with Crippen LogP contribution in [0, 0.1) is 0 Å². The second-order valence-corrected chi connectivity index (χ2v) is 2.03. The van der Waals surface area contributed by atoms with Gasteiger partial charge in [0.2, 0.25) is 0 Å². The zero-order chi connectivity index (χ0) is 8.53. The van der Waals surface area contributed by atoms with Crippen LogP contribution in [0.2, 0.25) is 0 Å². The summed E-state index contributed by atoms with van der Waals surface area (Å²) in [5, 5.41) is 0. The molecule has 0 bridgehead atoms. The fourth-order valence-electron chi connectivity index (χ4n) is 0.498. The van der Waals surface area contributed by atoms with Gasteiger partial charge in [0.25, 0.3) is 0 Å².